The maximum atomic E-state index is 9.83. The fraction of sp³-hybridized carbons (Fsp3) is 0.840. The number of carboxylic acids is 2. The Morgan fingerprint density at radius 3 is 1.11 bits per heavy atom. The second-order valence-corrected chi connectivity index (χ2v) is 8.05. The van der Waals surface area contributed by atoms with Gasteiger partial charge in [-0.1, -0.05) is 33.6 Å². The van der Waals surface area contributed by atoms with Crippen LogP contribution in [-0.2, 0) is 9.59 Å². The molecular formula is C25H58N6O4. The van der Waals surface area contributed by atoms with Crippen LogP contribution < -0.4 is 34.4 Å². The molecule has 2 saturated carbocycles. The van der Waals surface area contributed by atoms with Gasteiger partial charge in [0.05, 0.1) is 0 Å². The fourth-order valence-electron chi connectivity index (χ4n) is 2.53. The highest BCUT2D eigenvalue weighted by Crippen LogP contribution is 2.14. The van der Waals surface area contributed by atoms with Gasteiger partial charge >= 0.3 is 11.9 Å². The minimum absolute atomic E-state index is 0.222. The lowest BCUT2D eigenvalue weighted by molar-refractivity contribution is -0.137. The Balaban J connectivity index is -0.000000105. The Labute approximate surface area is 214 Å². The minimum Gasteiger partial charge on any atom is -0.481 e. The van der Waals surface area contributed by atoms with Crippen molar-refractivity contribution in [2.45, 2.75) is 122 Å². The molecule has 2 aliphatic carbocycles. The molecule has 0 aromatic heterocycles. The van der Waals surface area contributed by atoms with Crippen molar-refractivity contribution in [2.24, 2.45) is 34.4 Å². The maximum Gasteiger partial charge on any atom is 0.303 e. The lowest BCUT2D eigenvalue weighted by atomic mass is 10.2. The SMILES string of the molecule is C#C.CCC(=O)O.CCCC.CN.NCCCCC(=O)O.N[C@@H]1CC[C@H](N)C1.N[C@@H]1CC[C@H](N)C1. The van der Waals surface area contributed by atoms with Crippen molar-refractivity contribution in [1.82, 2.24) is 0 Å². The van der Waals surface area contributed by atoms with Gasteiger partial charge in [0.2, 0.25) is 0 Å². The average molecular weight is 507 g/mol. The molecule has 2 aliphatic rings. The molecule has 0 saturated heterocycles. The third-order valence-corrected chi connectivity index (χ3v) is 4.67. The zero-order valence-corrected chi connectivity index (χ0v) is 22.8. The Bertz CT molecular complexity index is 417. The van der Waals surface area contributed by atoms with E-state index in [-0.39, 0.29) is 12.8 Å². The summed E-state index contributed by atoms with van der Waals surface area (Å²) in [5.41, 5.74) is 31.8. The molecule has 10 heteroatoms. The summed E-state index contributed by atoms with van der Waals surface area (Å²) in [5, 5.41) is 15.8. The number of nitrogens with two attached hydrogens (primary N) is 6. The molecule has 0 radical (unpaired) electrons. The summed E-state index contributed by atoms with van der Waals surface area (Å²) in [7, 11) is 1.50. The van der Waals surface area contributed by atoms with Crippen LogP contribution in [0.5, 0.6) is 0 Å². The van der Waals surface area contributed by atoms with Gasteiger partial charge in [-0.25, -0.2) is 0 Å². The van der Waals surface area contributed by atoms with E-state index in [1.807, 2.05) is 0 Å². The van der Waals surface area contributed by atoms with E-state index in [1.165, 1.54) is 19.9 Å². The summed E-state index contributed by atoms with van der Waals surface area (Å²) in [4.78, 5) is 19.2. The molecule has 10 nitrogen and oxygen atoms in total. The molecule has 0 aromatic rings. The largest absolute Gasteiger partial charge is 0.481 e. The molecule has 0 heterocycles. The van der Waals surface area contributed by atoms with E-state index in [0.29, 0.717) is 37.1 Å². The van der Waals surface area contributed by atoms with Gasteiger partial charge in [-0.3, -0.25) is 9.59 Å². The summed E-state index contributed by atoms with van der Waals surface area (Å²) >= 11 is 0. The standard InChI is InChI=1S/2C5H12N2.C5H11NO2.C4H10.C3H6O2.C2H2.CH5N/c2*6-4-1-2-5(7)3-4;6-4-2-1-3-5(7)8;1-3-4-2;1-2-3(4)5;2*1-2/h2*4-5H,1-3,6-7H2;1-4,6H2,(H,7,8);3-4H2,1-2H3;2H2,1H3,(H,4,5);1-2H;2H2,1H3/t2*4-,5+;;;;;. The van der Waals surface area contributed by atoms with E-state index in [2.05, 4.69) is 32.4 Å². The van der Waals surface area contributed by atoms with Crippen LogP contribution in [0.4, 0.5) is 0 Å². The van der Waals surface area contributed by atoms with Gasteiger partial charge in [-0.05, 0) is 65.0 Å². The van der Waals surface area contributed by atoms with Crippen molar-refractivity contribution in [1.29, 1.82) is 0 Å². The first kappa shape index (κ1) is 43.3. The van der Waals surface area contributed by atoms with E-state index < -0.39 is 11.9 Å². The molecule has 14 N–H and O–H groups in total. The molecular weight excluding hydrogens is 448 g/mol. The van der Waals surface area contributed by atoms with Gasteiger partial charge < -0.3 is 44.6 Å². The highest BCUT2D eigenvalue weighted by Gasteiger charge is 2.17. The Hall–Kier alpha value is -1.74. The van der Waals surface area contributed by atoms with Gasteiger partial charge in [0.25, 0.3) is 0 Å². The van der Waals surface area contributed by atoms with E-state index >= 15 is 0 Å². The van der Waals surface area contributed by atoms with Gasteiger partial charge in [-0.15, -0.1) is 12.8 Å². The van der Waals surface area contributed by atoms with Gasteiger partial charge in [0, 0.05) is 37.0 Å². The van der Waals surface area contributed by atoms with Crippen LogP contribution >= 0.6 is 0 Å². The van der Waals surface area contributed by atoms with Gasteiger partial charge in [0.15, 0.2) is 0 Å². The van der Waals surface area contributed by atoms with Crippen molar-refractivity contribution in [3.05, 3.63) is 0 Å². The van der Waals surface area contributed by atoms with Crippen LogP contribution in [0.1, 0.15) is 97.8 Å². The van der Waals surface area contributed by atoms with Crippen LogP contribution in [0.3, 0.4) is 0 Å². The van der Waals surface area contributed by atoms with Crippen LogP contribution in [-0.4, -0.2) is 59.9 Å². The molecule has 0 bridgehead atoms. The van der Waals surface area contributed by atoms with Crippen LogP contribution in [0.25, 0.3) is 0 Å². The number of aliphatic carboxylic acids is 2. The Morgan fingerprint density at radius 2 is 1.00 bits per heavy atom. The average Bonchev–Trinajstić information content (AvgIpc) is 3.42. The Morgan fingerprint density at radius 1 is 0.714 bits per heavy atom. The normalized spacial score (nSPS) is 21.0. The molecule has 0 spiro atoms. The summed E-state index contributed by atoms with van der Waals surface area (Å²) in [6.45, 7) is 6.55. The van der Waals surface area contributed by atoms with Gasteiger partial charge in [0.1, 0.15) is 0 Å². The first-order valence-corrected chi connectivity index (χ1v) is 12.6. The molecule has 0 unspecified atom stereocenters. The monoisotopic (exact) mass is 506 g/mol. The van der Waals surface area contributed by atoms with Crippen LogP contribution in [0.15, 0.2) is 0 Å². The van der Waals surface area contributed by atoms with Gasteiger partial charge in [-0.2, -0.15) is 0 Å². The molecule has 212 valence electrons. The molecule has 2 rings (SSSR count). The lowest BCUT2D eigenvalue weighted by Crippen LogP contribution is -2.20. The third kappa shape index (κ3) is 50.2. The summed E-state index contributed by atoms with van der Waals surface area (Å²) in [6, 6.07) is 1.59. The number of carboxylic acid groups (broad SMARTS) is 2. The van der Waals surface area contributed by atoms with E-state index in [4.69, 9.17) is 38.9 Å². The van der Waals surface area contributed by atoms with Crippen molar-refractivity contribution >= 4 is 11.9 Å². The van der Waals surface area contributed by atoms with E-state index in [1.54, 1.807) is 6.92 Å². The number of carbonyl (C=O) groups is 2. The Kier molecular flexibility index (Phi) is 45.6. The number of hydrogen-bond donors (Lipinski definition) is 8. The maximum absolute atomic E-state index is 9.83. The molecule has 0 aliphatic heterocycles. The zero-order valence-electron chi connectivity index (χ0n) is 22.8. The first-order valence-electron chi connectivity index (χ1n) is 12.6. The first-order chi connectivity index (χ1) is 16.5. The summed E-state index contributed by atoms with van der Waals surface area (Å²) < 4.78 is 0. The van der Waals surface area contributed by atoms with Crippen molar-refractivity contribution < 1.29 is 19.8 Å². The van der Waals surface area contributed by atoms with E-state index in [9.17, 15) is 9.59 Å². The van der Waals surface area contributed by atoms with Crippen molar-refractivity contribution in [2.75, 3.05) is 13.6 Å². The molecule has 35 heavy (non-hydrogen) atoms. The zero-order chi connectivity index (χ0) is 28.7. The second-order valence-electron chi connectivity index (χ2n) is 8.05. The number of hydrogen-bond acceptors (Lipinski definition) is 8. The number of terminal acetylenes is 1. The van der Waals surface area contributed by atoms with Crippen LogP contribution in [0, 0.1) is 12.8 Å². The fourth-order valence-corrected chi connectivity index (χ4v) is 2.53. The van der Waals surface area contributed by atoms with Crippen molar-refractivity contribution in [3.8, 4) is 12.8 Å². The molecule has 0 amide bonds. The summed E-state index contributed by atoms with van der Waals surface area (Å²) in [6.07, 6.45) is 19.2. The quantitative estimate of drug-likeness (QED) is 0.192. The minimum atomic E-state index is -0.745. The second kappa shape index (κ2) is 36.8. The topological polar surface area (TPSA) is 231 Å². The third-order valence-electron chi connectivity index (χ3n) is 4.67. The smallest absolute Gasteiger partial charge is 0.303 e. The summed E-state index contributed by atoms with van der Waals surface area (Å²) in [5.74, 6) is -1.48. The number of rotatable bonds is 6. The molecule has 2 fully saturated rings. The molecule has 4 atom stereocenters. The highest BCUT2D eigenvalue weighted by molar-refractivity contribution is 5.66. The van der Waals surface area contributed by atoms with E-state index in [0.717, 1.165) is 44.9 Å². The predicted octanol–water partition coefficient (Wildman–Crippen LogP) is 1.96. The van der Waals surface area contributed by atoms with Crippen LogP contribution in [0.2, 0.25) is 0 Å². The highest BCUT2D eigenvalue weighted by atomic mass is 16.4. The van der Waals surface area contributed by atoms with Crippen molar-refractivity contribution in [3.63, 3.8) is 0 Å². The molecule has 0 aromatic carbocycles. The number of unbranched alkanes of at least 4 members (excludes halogenated alkanes) is 2. The predicted molar refractivity (Wildman–Crippen MR) is 149 cm³/mol. The lowest BCUT2D eigenvalue weighted by Gasteiger charge is -1.97.